The Kier molecular flexibility index (Phi) is 25.1. The van der Waals surface area contributed by atoms with Crippen LogP contribution in [0.2, 0.25) is 0 Å². The van der Waals surface area contributed by atoms with Crippen LogP contribution in [0.4, 0.5) is 5.69 Å². The highest BCUT2D eigenvalue weighted by Gasteiger charge is 2.49. The molecular formula is C76H96N6O16. The number of methoxy groups -OCH3 is 3. The molecule has 6 aromatic carbocycles. The number of para-hydroxylation sites is 1. The maximum absolute atomic E-state index is 14.1. The number of unbranched alkanes of at least 4 members (excludes halogenated alkanes) is 1. The molecule has 4 saturated heterocycles. The molecule has 4 fully saturated rings. The number of aryl methyl sites for hydroxylation is 1. The Morgan fingerprint density at radius 3 is 1.42 bits per heavy atom. The average Bonchev–Trinajstić information content (AvgIpc) is 1.91. The minimum Gasteiger partial charge on any atom is -0.497 e. The molecule has 12 atom stereocenters. The lowest BCUT2D eigenvalue weighted by molar-refractivity contribution is -0.144. The van der Waals surface area contributed by atoms with Gasteiger partial charge in [0.25, 0.3) is 0 Å². The number of benzene rings is 6. The summed E-state index contributed by atoms with van der Waals surface area (Å²) < 4.78 is 37.8. The fourth-order valence-electron chi connectivity index (χ4n) is 14.9. The molecule has 22 nitrogen and oxygen atoms in total. The smallest absolute Gasteiger partial charge is 0.308 e. The highest BCUT2D eigenvalue weighted by molar-refractivity contribution is 5.95. The van der Waals surface area contributed by atoms with E-state index in [1.54, 1.807) is 21.3 Å². The van der Waals surface area contributed by atoms with Gasteiger partial charge in [-0.2, -0.15) is 0 Å². The third-order valence-electron chi connectivity index (χ3n) is 20.8. The lowest BCUT2D eigenvalue weighted by atomic mass is 9.83. The summed E-state index contributed by atoms with van der Waals surface area (Å²) in [4.78, 5) is 71.5. The zero-order valence-electron chi connectivity index (χ0n) is 57.8. The van der Waals surface area contributed by atoms with Crippen molar-refractivity contribution in [2.45, 2.75) is 108 Å². The summed E-state index contributed by atoms with van der Waals surface area (Å²) in [6.07, 6.45) is 2.90. The Balaban J connectivity index is 0.000000172. The fraction of sp³-hybridized carbons (Fsp3) is 0.461. The average molecular weight is 1350 g/mol. The van der Waals surface area contributed by atoms with Gasteiger partial charge < -0.3 is 78.9 Å². The van der Waals surface area contributed by atoms with Crippen molar-refractivity contribution in [2.75, 3.05) is 100 Å². The molecule has 0 spiro atoms. The first kappa shape index (κ1) is 73.3. The summed E-state index contributed by atoms with van der Waals surface area (Å²) in [6.45, 7) is 12.1. The number of aliphatic carboxylic acids is 4. The van der Waals surface area contributed by atoms with Crippen molar-refractivity contribution in [2.24, 2.45) is 29.4 Å². The van der Waals surface area contributed by atoms with E-state index in [-0.39, 0.29) is 85.6 Å². The van der Waals surface area contributed by atoms with Gasteiger partial charge in [0.05, 0.1) is 51.5 Å². The monoisotopic (exact) mass is 1350 g/mol. The van der Waals surface area contributed by atoms with E-state index in [4.69, 9.17) is 38.9 Å². The summed E-state index contributed by atoms with van der Waals surface area (Å²) in [5.41, 5.74) is 12.7. The molecule has 1 amide bonds. The first-order valence-electron chi connectivity index (χ1n) is 33.6. The van der Waals surface area contributed by atoms with Gasteiger partial charge in [-0.1, -0.05) is 80.1 Å². The maximum atomic E-state index is 14.1. The molecule has 6 N–H and O–H groups in total. The van der Waals surface area contributed by atoms with Gasteiger partial charge in [0.2, 0.25) is 19.5 Å². The number of hydrogen-bond donors (Lipinski definition) is 5. The maximum Gasteiger partial charge on any atom is 0.308 e. The molecule has 0 bridgehead atoms. The number of amides is 1. The van der Waals surface area contributed by atoms with Gasteiger partial charge in [0.1, 0.15) is 17.2 Å². The van der Waals surface area contributed by atoms with Crippen molar-refractivity contribution in [3.63, 3.8) is 0 Å². The van der Waals surface area contributed by atoms with Crippen LogP contribution in [-0.4, -0.2) is 189 Å². The summed E-state index contributed by atoms with van der Waals surface area (Å²) in [7, 11) is 10.8. The molecule has 6 aromatic rings. The van der Waals surface area contributed by atoms with Crippen LogP contribution in [0, 0.1) is 23.7 Å². The van der Waals surface area contributed by atoms with Gasteiger partial charge >= 0.3 is 23.9 Å². The zero-order valence-corrected chi connectivity index (χ0v) is 57.8. The number of likely N-dealkylation sites (N-methyl/N-ethyl adjacent to an activating group) is 3. The van der Waals surface area contributed by atoms with E-state index in [9.17, 15) is 44.4 Å². The minimum atomic E-state index is -0.885. The van der Waals surface area contributed by atoms with E-state index in [0.717, 1.165) is 88.8 Å². The van der Waals surface area contributed by atoms with Gasteiger partial charge in [0, 0.05) is 92.8 Å². The predicted molar refractivity (Wildman–Crippen MR) is 371 cm³/mol. The highest BCUT2D eigenvalue weighted by Crippen LogP contribution is 2.45. The van der Waals surface area contributed by atoms with Crippen LogP contribution in [0.3, 0.4) is 0 Å². The van der Waals surface area contributed by atoms with Crippen LogP contribution >= 0.6 is 0 Å². The lowest BCUT2D eigenvalue weighted by Gasteiger charge is -2.30. The topological polar surface area (TPSA) is 273 Å². The third-order valence-corrected chi connectivity index (χ3v) is 20.8. The Morgan fingerprint density at radius 2 is 0.959 bits per heavy atom. The molecule has 0 saturated carbocycles. The Labute approximate surface area is 574 Å². The molecular weight excluding hydrogens is 1250 g/mol. The largest absolute Gasteiger partial charge is 0.497 e. The number of rotatable bonds is 21. The second kappa shape index (κ2) is 33.6. The number of carboxylic acids is 4. The van der Waals surface area contributed by atoms with Crippen molar-refractivity contribution in [3.8, 4) is 40.2 Å². The molecule has 0 aromatic heterocycles. The summed E-state index contributed by atoms with van der Waals surface area (Å²) in [5, 5.41) is 38.8. The van der Waals surface area contributed by atoms with Gasteiger partial charge in [-0.25, -0.2) is 0 Å². The quantitative estimate of drug-likeness (QED) is 0.0448. The van der Waals surface area contributed by atoms with E-state index in [1.165, 1.54) is 0 Å². The number of carbonyl (C=O) groups excluding carboxylic acids is 1. The summed E-state index contributed by atoms with van der Waals surface area (Å²) in [5.74, 6) is -0.00727. The van der Waals surface area contributed by atoms with Gasteiger partial charge in [-0.15, -0.1) is 0 Å². The van der Waals surface area contributed by atoms with E-state index < -0.39 is 35.8 Å². The molecule has 526 valence electrons. The predicted octanol–water partition coefficient (Wildman–Crippen LogP) is 9.98. The molecule has 22 heteroatoms. The number of likely N-dealkylation sites (tertiary alicyclic amines) is 4. The molecule has 6 heterocycles. The summed E-state index contributed by atoms with van der Waals surface area (Å²) >= 11 is 0. The molecule has 0 unspecified atom stereocenters. The SMILES string of the molecule is CCCCN(C(=O)CN1C[C@H](c2ccc3c(c2)OCO3)[C@@H](C(=O)O)[C@@H]1CCc1cccc2c1OCO2)c1cccc(CN)c1.COc1ccc([C@H]2CN(C)[C@@H](C)[C@@H]2C(=O)O)cc1.COc1ccc([C@H]2CN(C)[C@@H](C)[C@@H]2C(=O)O)cc1.COc1ccc([C@H]2CN(C)[C@@H](C)[C@@H]2C(=O)O)cc1. The second-order valence-electron chi connectivity index (χ2n) is 26.3. The van der Waals surface area contributed by atoms with E-state index in [1.807, 2.05) is 180 Å². The summed E-state index contributed by atoms with van der Waals surface area (Å²) in [6, 6.07) is 42.1. The second-order valence-corrected chi connectivity index (χ2v) is 26.3. The van der Waals surface area contributed by atoms with Gasteiger partial charge in [0.15, 0.2) is 23.0 Å². The number of anilines is 1. The Bertz CT molecular complexity index is 3470. The molecule has 6 aliphatic rings. The van der Waals surface area contributed by atoms with Gasteiger partial charge in [-0.3, -0.25) is 28.9 Å². The van der Waals surface area contributed by atoms with Crippen molar-refractivity contribution in [1.29, 1.82) is 0 Å². The zero-order chi connectivity index (χ0) is 70.5. The number of fused-ring (bicyclic) bond motifs is 2. The van der Waals surface area contributed by atoms with E-state index in [2.05, 4.69) is 26.5 Å². The molecule has 0 aliphatic carbocycles. The molecule has 6 aliphatic heterocycles. The number of carbonyl (C=O) groups is 5. The van der Waals surface area contributed by atoms with Crippen LogP contribution in [0.1, 0.15) is 104 Å². The van der Waals surface area contributed by atoms with Gasteiger partial charge in [-0.05, 0) is 161 Å². The number of nitrogens with two attached hydrogens (primary N) is 1. The molecule has 98 heavy (non-hydrogen) atoms. The highest BCUT2D eigenvalue weighted by atomic mass is 16.7. The van der Waals surface area contributed by atoms with Crippen LogP contribution < -0.4 is 43.8 Å². The van der Waals surface area contributed by atoms with Crippen LogP contribution in [-0.2, 0) is 36.9 Å². The van der Waals surface area contributed by atoms with Crippen molar-refractivity contribution in [1.82, 2.24) is 19.6 Å². The Morgan fingerprint density at radius 1 is 0.520 bits per heavy atom. The van der Waals surface area contributed by atoms with Crippen molar-refractivity contribution >= 4 is 35.5 Å². The van der Waals surface area contributed by atoms with Crippen LogP contribution in [0.25, 0.3) is 0 Å². The number of ether oxygens (including phenoxy) is 7. The van der Waals surface area contributed by atoms with E-state index >= 15 is 0 Å². The first-order chi connectivity index (χ1) is 47.1. The Hall–Kier alpha value is -8.93. The molecule has 0 radical (unpaired) electrons. The normalized spacial score (nSPS) is 24.6. The first-order valence-corrected chi connectivity index (χ1v) is 33.6. The van der Waals surface area contributed by atoms with E-state index in [0.29, 0.717) is 55.5 Å². The van der Waals surface area contributed by atoms with Crippen LogP contribution in [0.15, 0.2) is 133 Å². The van der Waals surface area contributed by atoms with Crippen molar-refractivity contribution < 1.29 is 77.6 Å². The molecule has 12 rings (SSSR count). The standard InChI is InChI=1S/C34H39N3O7.3C14H19NO3/c1-2-3-14-37(25-8-4-6-22(15-25)17-35)31(38)19-36-18-26(24-11-13-28-30(16-24)43-20-41-28)32(34(39)40)27(36)12-10-23-7-5-9-29-33(23)44-21-42-29;3*1-9-13(14(16)17)12(8-15(9)2)10-4-6-11(18-3)7-5-10/h4-9,11,13,15-16,26-27,32H,2-3,10,12,14,17-21,35H2,1H3,(H,39,40);3*4-7,9,12-13H,8H2,1-3H3,(H,16,17)/t26-,27+,32-;3*9-,12+,13-/m1000/s1. The fourth-order valence-corrected chi connectivity index (χ4v) is 14.9. The third kappa shape index (κ3) is 17.0. The minimum absolute atomic E-state index is 0.0495. The van der Waals surface area contributed by atoms with Crippen molar-refractivity contribution in [3.05, 3.63) is 167 Å². The number of hydrogen-bond acceptors (Lipinski definition) is 17. The number of carboxylic acid groups (broad SMARTS) is 4. The van der Waals surface area contributed by atoms with Crippen LogP contribution in [0.5, 0.6) is 40.2 Å². The number of nitrogens with zero attached hydrogens (tertiary/aromatic N) is 5. The lowest BCUT2D eigenvalue weighted by Crippen LogP contribution is -2.44.